The van der Waals surface area contributed by atoms with E-state index in [1.165, 1.54) is 5.56 Å². The molecule has 0 amide bonds. The van der Waals surface area contributed by atoms with Crippen molar-refractivity contribution in [2.75, 3.05) is 26.8 Å². The van der Waals surface area contributed by atoms with Gasteiger partial charge in [0.2, 0.25) is 0 Å². The lowest BCUT2D eigenvalue weighted by Crippen LogP contribution is -2.44. The van der Waals surface area contributed by atoms with Gasteiger partial charge in [-0.25, -0.2) is 0 Å². The third-order valence-corrected chi connectivity index (χ3v) is 3.72. The van der Waals surface area contributed by atoms with Crippen LogP contribution in [0.3, 0.4) is 0 Å². The Morgan fingerprint density at radius 3 is 2.80 bits per heavy atom. The summed E-state index contributed by atoms with van der Waals surface area (Å²) in [6.07, 6.45) is -0.159. The van der Waals surface area contributed by atoms with Gasteiger partial charge in [0.15, 0.2) is 0 Å². The minimum atomic E-state index is -0.811. The molecule has 0 aliphatic carbocycles. The average Bonchev–Trinajstić information content (AvgIpc) is 2.46. The minimum Gasteiger partial charge on any atom is -0.497 e. The van der Waals surface area contributed by atoms with Crippen LogP contribution in [0.2, 0.25) is 0 Å². The van der Waals surface area contributed by atoms with Crippen LogP contribution in [0.4, 0.5) is 0 Å². The first kappa shape index (κ1) is 14.8. The van der Waals surface area contributed by atoms with Crippen molar-refractivity contribution < 1.29 is 19.4 Å². The number of hydrogen-bond acceptors (Lipinski definition) is 4. The Kier molecular flexibility index (Phi) is 4.98. The number of aliphatic carboxylic acids is 1. The molecule has 2 unspecified atom stereocenters. The zero-order chi connectivity index (χ0) is 14.5. The van der Waals surface area contributed by atoms with Gasteiger partial charge in [0, 0.05) is 19.1 Å². The van der Waals surface area contributed by atoms with E-state index in [0.717, 1.165) is 12.3 Å². The van der Waals surface area contributed by atoms with Crippen molar-refractivity contribution in [3.05, 3.63) is 29.8 Å². The predicted octanol–water partition coefficient (Wildman–Crippen LogP) is 1.93. The van der Waals surface area contributed by atoms with E-state index < -0.39 is 5.97 Å². The number of methoxy groups -OCH3 is 1. The molecule has 5 nitrogen and oxygen atoms in total. The van der Waals surface area contributed by atoms with Crippen LogP contribution in [0.25, 0.3) is 0 Å². The lowest BCUT2D eigenvalue weighted by molar-refractivity contribution is -0.142. The van der Waals surface area contributed by atoms with Crippen molar-refractivity contribution in [2.24, 2.45) is 0 Å². The molecular weight excluding hydrogens is 258 g/mol. The summed E-state index contributed by atoms with van der Waals surface area (Å²) in [6.45, 7) is 4.19. The zero-order valence-electron chi connectivity index (χ0n) is 11.9. The van der Waals surface area contributed by atoms with E-state index in [9.17, 15) is 4.79 Å². The van der Waals surface area contributed by atoms with Crippen molar-refractivity contribution in [1.29, 1.82) is 0 Å². The van der Waals surface area contributed by atoms with Gasteiger partial charge in [-0.05, 0) is 24.6 Å². The fraction of sp³-hybridized carbons (Fsp3) is 0.533. The number of morpholine rings is 1. The molecule has 0 bridgehead atoms. The monoisotopic (exact) mass is 279 g/mol. The molecule has 2 atom stereocenters. The summed E-state index contributed by atoms with van der Waals surface area (Å²) < 4.78 is 10.7. The Bertz CT molecular complexity index is 446. The summed E-state index contributed by atoms with van der Waals surface area (Å²) >= 11 is 0. The second-order valence-electron chi connectivity index (χ2n) is 5.03. The second kappa shape index (κ2) is 6.72. The summed E-state index contributed by atoms with van der Waals surface area (Å²) in [6, 6.07) is 8.22. The van der Waals surface area contributed by atoms with Gasteiger partial charge in [-0.1, -0.05) is 12.1 Å². The highest BCUT2D eigenvalue weighted by Crippen LogP contribution is 2.25. The first-order valence-corrected chi connectivity index (χ1v) is 6.81. The number of benzene rings is 1. The van der Waals surface area contributed by atoms with Crippen LogP contribution in [-0.4, -0.2) is 48.9 Å². The first-order chi connectivity index (χ1) is 9.60. The number of hydrogen-bond donors (Lipinski definition) is 1. The molecule has 0 aromatic heterocycles. The summed E-state index contributed by atoms with van der Waals surface area (Å²) in [7, 11) is 1.65. The van der Waals surface area contributed by atoms with Crippen LogP contribution in [0.1, 0.15) is 24.9 Å². The van der Waals surface area contributed by atoms with Crippen LogP contribution in [-0.2, 0) is 9.53 Å². The number of ether oxygens (including phenoxy) is 2. The maximum atomic E-state index is 10.8. The molecule has 0 radical (unpaired) electrons. The molecule has 0 spiro atoms. The fourth-order valence-electron chi connectivity index (χ4n) is 2.51. The van der Waals surface area contributed by atoms with E-state index in [2.05, 4.69) is 11.8 Å². The quantitative estimate of drug-likeness (QED) is 0.892. The Labute approximate surface area is 119 Å². The maximum Gasteiger partial charge on any atom is 0.306 e. The Hall–Kier alpha value is -1.59. The smallest absolute Gasteiger partial charge is 0.306 e. The molecule has 20 heavy (non-hydrogen) atoms. The third kappa shape index (κ3) is 3.71. The number of rotatable bonds is 5. The van der Waals surface area contributed by atoms with Gasteiger partial charge < -0.3 is 14.6 Å². The third-order valence-electron chi connectivity index (χ3n) is 3.72. The van der Waals surface area contributed by atoms with E-state index in [-0.39, 0.29) is 18.6 Å². The summed E-state index contributed by atoms with van der Waals surface area (Å²) in [5.74, 6) is 0.0284. The summed E-state index contributed by atoms with van der Waals surface area (Å²) in [4.78, 5) is 13.0. The van der Waals surface area contributed by atoms with Gasteiger partial charge in [-0.2, -0.15) is 0 Å². The fourth-order valence-corrected chi connectivity index (χ4v) is 2.51. The van der Waals surface area contributed by atoms with Crippen LogP contribution in [0.5, 0.6) is 5.75 Å². The summed E-state index contributed by atoms with van der Waals surface area (Å²) in [5, 5.41) is 8.85. The minimum absolute atomic E-state index is 0.0613. The molecule has 5 heteroatoms. The van der Waals surface area contributed by atoms with Crippen molar-refractivity contribution >= 4 is 5.97 Å². The van der Waals surface area contributed by atoms with E-state index >= 15 is 0 Å². The number of nitrogens with zero attached hydrogens (tertiary/aromatic N) is 1. The first-order valence-electron chi connectivity index (χ1n) is 6.81. The Balaban J connectivity index is 1.99. The molecule has 0 saturated carbocycles. The molecule has 1 aromatic carbocycles. The molecule has 1 aromatic rings. The highest BCUT2D eigenvalue weighted by molar-refractivity contribution is 5.67. The maximum absolute atomic E-state index is 10.8. The highest BCUT2D eigenvalue weighted by atomic mass is 16.5. The predicted molar refractivity (Wildman–Crippen MR) is 75.0 cm³/mol. The SMILES string of the molecule is COc1ccc(C(C)N2CCOC(CC(=O)O)C2)cc1. The molecule has 1 aliphatic heterocycles. The van der Waals surface area contributed by atoms with Crippen LogP contribution < -0.4 is 4.74 Å². The van der Waals surface area contributed by atoms with Gasteiger partial charge in [-0.3, -0.25) is 9.69 Å². The van der Waals surface area contributed by atoms with Crippen LogP contribution in [0.15, 0.2) is 24.3 Å². The van der Waals surface area contributed by atoms with Gasteiger partial charge in [0.05, 0.1) is 26.2 Å². The normalized spacial score (nSPS) is 21.4. The molecule has 1 fully saturated rings. The zero-order valence-corrected chi connectivity index (χ0v) is 11.9. The van der Waals surface area contributed by atoms with Crippen molar-refractivity contribution in [3.8, 4) is 5.75 Å². The largest absolute Gasteiger partial charge is 0.497 e. The molecule has 1 N–H and O–H groups in total. The lowest BCUT2D eigenvalue weighted by Gasteiger charge is -2.36. The second-order valence-corrected chi connectivity index (χ2v) is 5.03. The topological polar surface area (TPSA) is 59.0 Å². The number of carboxylic acids is 1. The highest BCUT2D eigenvalue weighted by Gasteiger charge is 2.26. The lowest BCUT2D eigenvalue weighted by atomic mass is 10.0. The van der Waals surface area contributed by atoms with Gasteiger partial charge in [0.25, 0.3) is 0 Å². The van der Waals surface area contributed by atoms with Crippen molar-refractivity contribution in [2.45, 2.75) is 25.5 Å². The van der Waals surface area contributed by atoms with Crippen molar-refractivity contribution in [3.63, 3.8) is 0 Å². The van der Waals surface area contributed by atoms with Crippen LogP contribution >= 0.6 is 0 Å². The number of carbonyl (C=O) groups is 1. The van der Waals surface area contributed by atoms with Crippen molar-refractivity contribution in [1.82, 2.24) is 4.90 Å². The van der Waals surface area contributed by atoms with E-state index in [0.29, 0.717) is 13.2 Å². The molecule has 2 rings (SSSR count). The van der Waals surface area contributed by atoms with Gasteiger partial charge >= 0.3 is 5.97 Å². The van der Waals surface area contributed by atoms with E-state index in [4.69, 9.17) is 14.6 Å². The van der Waals surface area contributed by atoms with E-state index in [1.807, 2.05) is 24.3 Å². The van der Waals surface area contributed by atoms with E-state index in [1.54, 1.807) is 7.11 Å². The van der Waals surface area contributed by atoms with Crippen LogP contribution in [0, 0.1) is 0 Å². The van der Waals surface area contributed by atoms with Gasteiger partial charge in [-0.15, -0.1) is 0 Å². The molecule has 1 saturated heterocycles. The molecule has 1 heterocycles. The molecule has 1 aliphatic rings. The standard InChI is InChI=1S/C15H21NO4/c1-11(12-3-5-13(19-2)6-4-12)16-7-8-20-14(10-16)9-15(17)18/h3-6,11,14H,7-10H2,1-2H3,(H,17,18). The van der Waals surface area contributed by atoms with Gasteiger partial charge in [0.1, 0.15) is 5.75 Å². The molecule has 110 valence electrons. The number of carboxylic acid groups (broad SMARTS) is 1. The summed E-state index contributed by atoms with van der Waals surface area (Å²) in [5.41, 5.74) is 1.20. The Morgan fingerprint density at radius 2 is 2.20 bits per heavy atom. The molecular formula is C15H21NO4. The Morgan fingerprint density at radius 1 is 1.50 bits per heavy atom. The average molecular weight is 279 g/mol.